The zero-order valence-electron chi connectivity index (χ0n) is 15.7. The number of hydrogen-bond donors (Lipinski definition) is 1. The average molecular weight is 390 g/mol. The normalized spacial score (nSPS) is 14.2. The lowest BCUT2D eigenvalue weighted by Crippen LogP contribution is -2.47. The fourth-order valence-electron chi connectivity index (χ4n) is 3.15. The highest BCUT2D eigenvalue weighted by Crippen LogP contribution is 2.32. The summed E-state index contributed by atoms with van der Waals surface area (Å²) >= 11 is 0. The van der Waals surface area contributed by atoms with Crippen LogP contribution in [0.2, 0.25) is 0 Å². The van der Waals surface area contributed by atoms with Gasteiger partial charge in [-0.3, -0.25) is 10.1 Å². The molecule has 1 N–H and O–H groups in total. The number of anilines is 3. The van der Waals surface area contributed by atoms with Gasteiger partial charge < -0.3 is 19.9 Å². The summed E-state index contributed by atoms with van der Waals surface area (Å²) in [5, 5.41) is 14.7. The summed E-state index contributed by atoms with van der Waals surface area (Å²) in [6.07, 6.45) is 2.05. The van der Waals surface area contributed by atoms with Gasteiger partial charge in [0.25, 0.3) is 0 Å². The molecule has 1 aromatic heterocycles. The van der Waals surface area contributed by atoms with Crippen LogP contribution >= 0.6 is 0 Å². The number of ether oxygens (including phenoxy) is 1. The van der Waals surface area contributed by atoms with E-state index in [1.807, 2.05) is 4.90 Å². The second-order valence-corrected chi connectivity index (χ2v) is 6.38. The fourth-order valence-corrected chi connectivity index (χ4v) is 3.15. The van der Waals surface area contributed by atoms with E-state index in [1.165, 1.54) is 18.5 Å². The standard InChI is InChI=1S/C18H23FN6O3/c1-28-12-2-7-20-17-16(25(26)27)18(22-13-21-17)24-10-8-23(9-11-24)15-5-3-14(19)4-6-15/h3-6,13H,2,7-12H2,1H3,(H,20,21,22). The summed E-state index contributed by atoms with van der Waals surface area (Å²) < 4.78 is 18.1. The molecular weight excluding hydrogens is 367 g/mol. The summed E-state index contributed by atoms with van der Waals surface area (Å²) in [4.78, 5) is 23.5. The van der Waals surface area contributed by atoms with Crippen LogP contribution in [0.1, 0.15) is 6.42 Å². The lowest BCUT2D eigenvalue weighted by Gasteiger charge is -2.36. The molecule has 2 heterocycles. The molecule has 1 aliphatic heterocycles. The molecule has 10 heteroatoms. The van der Waals surface area contributed by atoms with Crippen LogP contribution < -0.4 is 15.1 Å². The van der Waals surface area contributed by atoms with Gasteiger partial charge in [-0.05, 0) is 30.7 Å². The number of nitrogens with zero attached hydrogens (tertiary/aromatic N) is 5. The number of aromatic nitrogens is 2. The van der Waals surface area contributed by atoms with Gasteiger partial charge in [-0.2, -0.15) is 0 Å². The summed E-state index contributed by atoms with van der Waals surface area (Å²) in [7, 11) is 1.61. The van der Waals surface area contributed by atoms with E-state index in [4.69, 9.17) is 4.74 Å². The SMILES string of the molecule is COCCCNc1ncnc(N2CCN(c3ccc(F)cc3)CC2)c1[N+](=O)[O-]. The maximum atomic E-state index is 13.1. The Morgan fingerprint density at radius 1 is 1.18 bits per heavy atom. The van der Waals surface area contributed by atoms with Crippen LogP contribution in [0.15, 0.2) is 30.6 Å². The Hall–Kier alpha value is -3.01. The molecule has 0 aliphatic carbocycles. The topological polar surface area (TPSA) is 96.7 Å². The van der Waals surface area contributed by atoms with E-state index in [9.17, 15) is 14.5 Å². The number of halogens is 1. The molecule has 1 fully saturated rings. The molecule has 1 aromatic carbocycles. The van der Waals surface area contributed by atoms with Gasteiger partial charge in [0.15, 0.2) is 0 Å². The number of piperazine rings is 1. The Kier molecular flexibility index (Phi) is 6.53. The number of hydrogen-bond acceptors (Lipinski definition) is 8. The van der Waals surface area contributed by atoms with E-state index in [0.29, 0.717) is 51.6 Å². The molecule has 28 heavy (non-hydrogen) atoms. The zero-order valence-corrected chi connectivity index (χ0v) is 15.7. The molecule has 1 aliphatic rings. The summed E-state index contributed by atoms with van der Waals surface area (Å²) in [6, 6.07) is 6.33. The van der Waals surface area contributed by atoms with E-state index in [2.05, 4.69) is 20.2 Å². The first-order chi connectivity index (χ1) is 13.6. The molecule has 0 amide bonds. The molecule has 0 saturated carbocycles. The minimum absolute atomic E-state index is 0.116. The monoisotopic (exact) mass is 390 g/mol. The van der Waals surface area contributed by atoms with Gasteiger partial charge in [-0.15, -0.1) is 0 Å². The molecule has 9 nitrogen and oxygen atoms in total. The van der Waals surface area contributed by atoms with Crippen molar-refractivity contribution in [2.45, 2.75) is 6.42 Å². The molecule has 0 radical (unpaired) electrons. The van der Waals surface area contributed by atoms with E-state index in [0.717, 1.165) is 5.69 Å². The first-order valence-electron chi connectivity index (χ1n) is 9.08. The van der Waals surface area contributed by atoms with E-state index in [1.54, 1.807) is 19.2 Å². The average Bonchev–Trinajstić information content (AvgIpc) is 2.71. The van der Waals surface area contributed by atoms with Crippen molar-refractivity contribution in [3.8, 4) is 0 Å². The Balaban J connectivity index is 1.71. The van der Waals surface area contributed by atoms with Crippen LogP contribution in [0.4, 0.5) is 27.4 Å². The highest BCUT2D eigenvalue weighted by atomic mass is 19.1. The minimum atomic E-state index is -0.444. The Morgan fingerprint density at radius 2 is 1.86 bits per heavy atom. The van der Waals surface area contributed by atoms with Crippen LogP contribution in [-0.4, -0.2) is 61.3 Å². The maximum absolute atomic E-state index is 13.1. The van der Waals surface area contributed by atoms with Gasteiger partial charge in [0, 0.05) is 52.1 Å². The third-order valence-corrected chi connectivity index (χ3v) is 4.57. The van der Waals surface area contributed by atoms with Crippen molar-refractivity contribution in [3.05, 3.63) is 46.5 Å². The molecule has 2 aromatic rings. The minimum Gasteiger partial charge on any atom is -0.385 e. The Bertz CT molecular complexity index is 796. The highest BCUT2D eigenvalue weighted by molar-refractivity contribution is 5.70. The van der Waals surface area contributed by atoms with Crippen molar-refractivity contribution >= 4 is 23.0 Å². The molecule has 0 unspecified atom stereocenters. The molecule has 1 saturated heterocycles. The largest absolute Gasteiger partial charge is 0.385 e. The van der Waals surface area contributed by atoms with Gasteiger partial charge in [0.2, 0.25) is 11.6 Å². The summed E-state index contributed by atoms with van der Waals surface area (Å²) in [6.45, 7) is 3.52. The van der Waals surface area contributed by atoms with Crippen molar-refractivity contribution in [2.24, 2.45) is 0 Å². The second-order valence-electron chi connectivity index (χ2n) is 6.38. The first kappa shape index (κ1) is 19.7. The van der Waals surface area contributed by atoms with Crippen LogP contribution in [0.25, 0.3) is 0 Å². The quantitative estimate of drug-likeness (QED) is 0.417. The van der Waals surface area contributed by atoms with Gasteiger partial charge in [0.05, 0.1) is 4.92 Å². The number of rotatable bonds is 8. The number of benzene rings is 1. The van der Waals surface area contributed by atoms with Gasteiger partial charge in [-0.25, -0.2) is 14.4 Å². The number of nitro groups is 1. The van der Waals surface area contributed by atoms with Crippen molar-refractivity contribution in [1.82, 2.24) is 9.97 Å². The van der Waals surface area contributed by atoms with Crippen molar-refractivity contribution in [3.63, 3.8) is 0 Å². The van der Waals surface area contributed by atoms with E-state index in [-0.39, 0.29) is 17.3 Å². The summed E-state index contributed by atoms with van der Waals surface area (Å²) in [5.74, 6) is 0.254. The van der Waals surface area contributed by atoms with Crippen molar-refractivity contribution in [1.29, 1.82) is 0 Å². The summed E-state index contributed by atoms with van der Waals surface area (Å²) in [5.41, 5.74) is 0.814. The van der Waals surface area contributed by atoms with Crippen LogP contribution in [0, 0.1) is 15.9 Å². The lowest BCUT2D eigenvalue weighted by molar-refractivity contribution is -0.383. The lowest BCUT2D eigenvalue weighted by atomic mass is 10.2. The van der Waals surface area contributed by atoms with E-state index < -0.39 is 4.92 Å². The fraction of sp³-hybridized carbons (Fsp3) is 0.444. The maximum Gasteiger partial charge on any atom is 0.353 e. The van der Waals surface area contributed by atoms with Crippen molar-refractivity contribution in [2.75, 3.05) is 61.6 Å². The molecule has 0 atom stereocenters. The number of nitrogens with one attached hydrogen (secondary N) is 1. The third kappa shape index (κ3) is 4.63. The molecule has 0 spiro atoms. The Labute approximate surface area is 162 Å². The molecule has 3 rings (SSSR count). The predicted octanol–water partition coefficient (Wildman–Crippen LogP) is 2.30. The van der Waals surface area contributed by atoms with Crippen molar-refractivity contribution < 1.29 is 14.1 Å². The first-order valence-corrected chi connectivity index (χ1v) is 9.08. The highest BCUT2D eigenvalue weighted by Gasteiger charge is 2.29. The molecule has 150 valence electrons. The van der Waals surface area contributed by atoms with Gasteiger partial charge >= 0.3 is 5.69 Å². The van der Waals surface area contributed by atoms with Gasteiger partial charge in [-0.1, -0.05) is 0 Å². The third-order valence-electron chi connectivity index (χ3n) is 4.57. The van der Waals surface area contributed by atoms with Gasteiger partial charge in [0.1, 0.15) is 12.1 Å². The molecular formula is C18H23FN6O3. The van der Waals surface area contributed by atoms with Crippen LogP contribution in [-0.2, 0) is 4.74 Å². The smallest absolute Gasteiger partial charge is 0.353 e. The number of methoxy groups -OCH3 is 1. The predicted molar refractivity (Wildman–Crippen MR) is 104 cm³/mol. The Morgan fingerprint density at radius 3 is 2.50 bits per heavy atom. The zero-order chi connectivity index (χ0) is 19.9. The van der Waals surface area contributed by atoms with Crippen LogP contribution in [0.3, 0.4) is 0 Å². The van der Waals surface area contributed by atoms with E-state index >= 15 is 0 Å². The second kappa shape index (κ2) is 9.27. The van der Waals surface area contributed by atoms with Crippen LogP contribution in [0.5, 0.6) is 0 Å². The molecule has 0 bridgehead atoms.